The number of hydrogen-bond acceptors (Lipinski definition) is 3. The number of carbonyl (C=O) groups excluding carboxylic acids is 2. The van der Waals surface area contributed by atoms with Crippen LogP contribution in [0.2, 0.25) is 5.02 Å². The highest BCUT2D eigenvalue weighted by atomic mass is 35.5. The number of aryl methyl sites for hydroxylation is 1. The van der Waals surface area contributed by atoms with Crippen LogP contribution < -0.4 is 4.74 Å². The summed E-state index contributed by atoms with van der Waals surface area (Å²) in [5.41, 5.74) is 1.44. The van der Waals surface area contributed by atoms with Gasteiger partial charge in [0.1, 0.15) is 11.6 Å². The number of amides is 2. The van der Waals surface area contributed by atoms with Crippen molar-refractivity contribution in [1.29, 1.82) is 0 Å². The molecular formula is C23H26ClFN2O3. The number of hydrogen-bond donors (Lipinski definition) is 0. The second-order valence-electron chi connectivity index (χ2n) is 7.42. The second-order valence-corrected chi connectivity index (χ2v) is 7.83. The third-order valence-corrected chi connectivity index (χ3v) is 5.44. The lowest BCUT2D eigenvalue weighted by molar-refractivity contribution is -0.132. The number of ether oxygens (including phenoxy) is 1. The molecule has 0 atom stereocenters. The smallest absolute Gasteiger partial charge is 0.255 e. The predicted octanol–water partition coefficient (Wildman–Crippen LogP) is 4.32. The molecule has 0 radical (unpaired) electrons. The van der Waals surface area contributed by atoms with Crippen LogP contribution in [0.4, 0.5) is 4.39 Å². The predicted molar refractivity (Wildman–Crippen MR) is 114 cm³/mol. The zero-order valence-electron chi connectivity index (χ0n) is 17.1. The Kier molecular flexibility index (Phi) is 7.69. The molecule has 160 valence electrons. The number of carbonyl (C=O) groups is 2. The van der Waals surface area contributed by atoms with Crippen molar-refractivity contribution in [3.63, 3.8) is 0 Å². The van der Waals surface area contributed by atoms with Gasteiger partial charge < -0.3 is 14.5 Å². The van der Waals surface area contributed by atoms with Crippen LogP contribution in [0.15, 0.2) is 42.5 Å². The Morgan fingerprint density at radius 2 is 1.77 bits per heavy atom. The van der Waals surface area contributed by atoms with E-state index in [1.807, 2.05) is 31.2 Å². The summed E-state index contributed by atoms with van der Waals surface area (Å²) >= 11 is 5.99. The largest absolute Gasteiger partial charge is 0.494 e. The summed E-state index contributed by atoms with van der Waals surface area (Å²) in [7, 11) is 0. The number of unbranched alkanes of at least 4 members (excludes halogenated alkanes) is 1. The van der Waals surface area contributed by atoms with Crippen molar-refractivity contribution >= 4 is 23.4 Å². The molecule has 0 saturated carbocycles. The van der Waals surface area contributed by atoms with Crippen LogP contribution in [-0.2, 0) is 4.79 Å². The average molecular weight is 433 g/mol. The van der Waals surface area contributed by atoms with Gasteiger partial charge in [0.15, 0.2) is 0 Å². The molecule has 2 amide bonds. The highest BCUT2D eigenvalue weighted by Crippen LogP contribution is 2.20. The summed E-state index contributed by atoms with van der Waals surface area (Å²) in [5, 5.41) is 0.103. The SMILES string of the molecule is Cc1cccc(OCCCCC(=O)N2CCN(C(=O)c3ccc(F)cc3Cl)CC2)c1. The molecule has 5 nitrogen and oxygen atoms in total. The molecule has 2 aromatic carbocycles. The van der Waals surface area contributed by atoms with Crippen molar-refractivity contribution in [2.45, 2.75) is 26.2 Å². The maximum absolute atomic E-state index is 13.2. The molecule has 1 aliphatic heterocycles. The van der Waals surface area contributed by atoms with E-state index in [0.717, 1.165) is 30.2 Å². The zero-order valence-corrected chi connectivity index (χ0v) is 17.8. The summed E-state index contributed by atoms with van der Waals surface area (Å²) < 4.78 is 18.9. The molecule has 0 aliphatic carbocycles. The topological polar surface area (TPSA) is 49.9 Å². The van der Waals surface area contributed by atoms with E-state index in [-0.39, 0.29) is 22.4 Å². The third-order valence-electron chi connectivity index (χ3n) is 5.12. The fraction of sp³-hybridized carbons (Fsp3) is 0.391. The molecule has 1 aliphatic rings. The fourth-order valence-electron chi connectivity index (χ4n) is 3.42. The van der Waals surface area contributed by atoms with Crippen LogP contribution in [0.3, 0.4) is 0 Å². The van der Waals surface area contributed by atoms with Crippen molar-refractivity contribution in [3.8, 4) is 5.75 Å². The summed E-state index contributed by atoms with van der Waals surface area (Å²) in [6.45, 7) is 4.46. The minimum atomic E-state index is -0.476. The molecule has 0 aromatic heterocycles. The van der Waals surface area contributed by atoms with Gasteiger partial charge in [-0.05, 0) is 55.7 Å². The van der Waals surface area contributed by atoms with Gasteiger partial charge in [0.2, 0.25) is 5.91 Å². The standard InChI is InChI=1S/C23H26ClFN2O3/c1-17-5-4-6-19(15-17)30-14-3-2-7-22(28)26-10-12-27(13-11-26)23(29)20-9-8-18(25)16-21(20)24/h4-6,8-9,15-16H,2-3,7,10-14H2,1H3. The third kappa shape index (κ3) is 5.95. The Morgan fingerprint density at radius 1 is 1.03 bits per heavy atom. The quantitative estimate of drug-likeness (QED) is 0.612. The van der Waals surface area contributed by atoms with Crippen molar-refractivity contribution < 1.29 is 18.7 Å². The Morgan fingerprint density at radius 3 is 2.47 bits per heavy atom. The highest BCUT2D eigenvalue weighted by molar-refractivity contribution is 6.33. The van der Waals surface area contributed by atoms with E-state index >= 15 is 0 Å². The molecule has 2 aromatic rings. The molecule has 30 heavy (non-hydrogen) atoms. The van der Waals surface area contributed by atoms with Gasteiger partial charge in [0.25, 0.3) is 5.91 Å². The summed E-state index contributed by atoms with van der Waals surface area (Å²) in [4.78, 5) is 28.5. The van der Waals surface area contributed by atoms with E-state index in [1.165, 1.54) is 12.1 Å². The van der Waals surface area contributed by atoms with E-state index < -0.39 is 5.82 Å². The van der Waals surface area contributed by atoms with E-state index in [0.29, 0.717) is 39.2 Å². The first-order valence-corrected chi connectivity index (χ1v) is 10.5. The molecule has 1 heterocycles. The van der Waals surface area contributed by atoms with Gasteiger partial charge in [-0.25, -0.2) is 4.39 Å². The average Bonchev–Trinajstić information content (AvgIpc) is 2.73. The Labute approximate surface area is 181 Å². The first kappa shape index (κ1) is 22.1. The molecule has 1 fully saturated rings. The maximum atomic E-state index is 13.2. The summed E-state index contributed by atoms with van der Waals surface area (Å²) in [5.74, 6) is 0.234. The van der Waals surface area contributed by atoms with E-state index in [2.05, 4.69) is 0 Å². The molecule has 0 bridgehead atoms. The molecular weight excluding hydrogens is 407 g/mol. The number of halogens is 2. The van der Waals surface area contributed by atoms with Gasteiger partial charge in [-0.15, -0.1) is 0 Å². The lowest BCUT2D eigenvalue weighted by Crippen LogP contribution is -2.50. The summed E-state index contributed by atoms with van der Waals surface area (Å²) in [6.07, 6.45) is 2.03. The fourth-order valence-corrected chi connectivity index (χ4v) is 3.67. The van der Waals surface area contributed by atoms with Crippen LogP contribution in [0.25, 0.3) is 0 Å². The monoisotopic (exact) mass is 432 g/mol. The van der Waals surface area contributed by atoms with Crippen molar-refractivity contribution in [1.82, 2.24) is 9.80 Å². The van der Waals surface area contributed by atoms with Gasteiger partial charge in [0.05, 0.1) is 17.2 Å². The normalized spacial score (nSPS) is 14.0. The molecule has 0 N–H and O–H groups in total. The van der Waals surface area contributed by atoms with Crippen LogP contribution in [0.1, 0.15) is 35.2 Å². The van der Waals surface area contributed by atoms with Crippen molar-refractivity contribution in [2.24, 2.45) is 0 Å². The number of benzene rings is 2. The van der Waals surface area contributed by atoms with E-state index in [9.17, 15) is 14.0 Å². The minimum Gasteiger partial charge on any atom is -0.494 e. The molecule has 0 spiro atoms. The van der Waals surface area contributed by atoms with Gasteiger partial charge in [0, 0.05) is 32.6 Å². The first-order valence-electron chi connectivity index (χ1n) is 10.2. The minimum absolute atomic E-state index is 0.0949. The Hall–Kier alpha value is -2.60. The van der Waals surface area contributed by atoms with Crippen molar-refractivity contribution in [2.75, 3.05) is 32.8 Å². The van der Waals surface area contributed by atoms with Gasteiger partial charge in [-0.3, -0.25) is 9.59 Å². The molecule has 0 unspecified atom stereocenters. The number of rotatable bonds is 7. The maximum Gasteiger partial charge on any atom is 0.255 e. The first-order chi connectivity index (χ1) is 14.4. The lowest BCUT2D eigenvalue weighted by Gasteiger charge is -2.35. The Bertz CT molecular complexity index is 898. The summed E-state index contributed by atoms with van der Waals surface area (Å²) in [6, 6.07) is 11.7. The van der Waals surface area contributed by atoms with Crippen molar-refractivity contribution in [3.05, 3.63) is 64.4 Å². The highest BCUT2D eigenvalue weighted by Gasteiger charge is 2.25. The van der Waals surface area contributed by atoms with Crippen LogP contribution >= 0.6 is 11.6 Å². The number of piperazine rings is 1. The second kappa shape index (κ2) is 10.4. The van der Waals surface area contributed by atoms with Gasteiger partial charge >= 0.3 is 0 Å². The lowest BCUT2D eigenvalue weighted by atomic mass is 10.1. The van der Waals surface area contributed by atoms with E-state index in [1.54, 1.807) is 9.80 Å². The van der Waals surface area contributed by atoms with Crippen LogP contribution in [-0.4, -0.2) is 54.4 Å². The number of nitrogens with zero attached hydrogens (tertiary/aromatic N) is 2. The van der Waals surface area contributed by atoms with Gasteiger partial charge in [-0.2, -0.15) is 0 Å². The zero-order chi connectivity index (χ0) is 21.5. The molecule has 3 rings (SSSR count). The van der Waals surface area contributed by atoms with Crippen LogP contribution in [0, 0.1) is 12.7 Å². The molecule has 1 saturated heterocycles. The van der Waals surface area contributed by atoms with Gasteiger partial charge in [-0.1, -0.05) is 23.7 Å². The Balaban J connectivity index is 1.37. The molecule has 7 heteroatoms. The van der Waals surface area contributed by atoms with Crippen LogP contribution in [0.5, 0.6) is 5.75 Å². The van der Waals surface area contributed by atoms with E-state index in [4.69, 9.17) is 16.3 Å².